The molecule has 2 N–H and O–H groups in total. The number of carboxylic acid groups (broad SMARTS) is 1. The lowest BCUT2D eigenvalue weighted by Crippen LogP contribution is -2.42. The van der Waals surface area contributed by atoms with Gasteiger partial charge in [0.1, 0.15) is 6.61 Å². The lowest BCUT2D eigenvalue weighted by atomic mass is 9.88. The lowest BCUT2D eigenvalue weighted by molar-refractivity contribution is -0.139. The topological polar surface area (TPSA) is 95.9 Å². The number of carboxylic acids is 1. The minimum atomic E-state index is -0.748. The molecule has 3 unspecified atom stereocenters. The molecule has 0 aromatic heterocycles. The van der Waals surface area contributed by atoms with E-state index in [1.54, 1.807) is 4.90 Å². The molecule has 3 aliphatic rings. The second-order valence-corrected chi connectivity index (χ2v) is 10.8. The zero-order valence-corrected chi connectivity index (χ0v) is 20.2. The molecule has 35 heavy (non-hydrogen) atoms. The largest absolute Gasteiger partial charge is 0.481 e. The van der Waals surface area contributed by atoms with Crippen LogP contribution in [0, 0.1) is 23.2 Å². The first-order valence-electron chi connectivity index (χ1n) is 12.3. The Morgan fingerprint density at radius 2 is 1.66 bits per heavy atom. The number of nitrogens with one attached hydrogen (secondary N) is 1. The molecule has 3 atom stereocenters. The van der Waals surface area contributed by atoms with Crippen LogP contribution in [0.2, 0.25) is 0 Å². The normalized spacial score (nSPS) is 22.6. The van der Waals surface area contributed by atoms with Crippen LogP contribution < -0.4 is 5.32 Å². The van der Waals surface area contributed by atoms with E-state index in [-0.39, 0.29) is 42.6 Å². The molecule has 1 heterocycles. The predicted molar refractivity (Wildman–Crippen MR) is 131 cm³/mol. The van der Waals surface area contributed by atoms with Crippen LogP contribution in [0.5, 0.6) is 0 Å². The molecule has 7 nitrogen and oxygen atoms in total. The number of benzene rings is 2. The molecule has 2 fully saturated rings. The molecular formula is C28H32N2O5. The summed E-state index contributed by atoms with van der Waals surface area (Å²) in [6.07, 6.45) is 0.549. The first-order chi connectivity index (χ1) is 16.7. The van der Waals surface area contributed by atoms with Crippen LogP contribution in [-0.2, 0) is 14.3 Å². The maximum Gasteiger partial charge on any atom is 0.407 e. The number of alkyl carbamates (subject to hydrolysis) is 1. The number of aliphatic carboxylic acids is 1. The van der Waals surface area contributed by atoms with Gasteiger partial charge in [-0.05, 0) is 45.9 Å². The molecule has 1 saturated carbocycles. The summed E-state index contributed by atoms with van der Waals surface area (Å²) in [6.45, 7) is 5.58. The van der Waals surface area contributed by atoms with Crippen LogP contribution >= 0.6 is 0 Å². The summed E-state index contributed by atoms with van der Waals surface area (Å²) >= 11 is 0. The number of hydrogen-bond donors (Lipinski definition) is 2. The molecule has 1 saturated heterocycles. The summed E-state index contributed by atoms with van der Waals surface area (Å²) in [5, 5.41) is 12.1. The minimum Gasteiger partial charge on any atom is -0.481 e. The van der Waals surface area contributed by atoms with Gasteiger partial charge in [-0.1, -0.05) is 62.4 Å². The Balaban J connectivity index is 1.11. The highest BCUT2D eigenvalue weighted by Crippen LogP contribution is 2.51. The highest BCUT2D eigenvalue weighted by molar-refractivity contribution is 5.80. The van der Waals surface area contributed by atoms with Crippen molar-refractivity contribution in [2.45, 2.75) is 32.6 Å². The van der Waals surface area contributed by atoms with E-state index >= 15 is 0 Å². The molecule has 0 bridgehead atoms. The maximum atomic E-state index is 12.9. The fourth-order valence-corrected chi connectivity index (χ4v) is 5.88. The number of carbonyl (C=O) groups is 3. The number of hydrogen-bond acceptors (Lipinski definition) is 4. The van der Waals surface area contributed by atoms with Crippen LogP contribution in [0.25, 0.3) is 11.1 Å². The van der Waals surface area contributed by atoms with Crippen LogP contribution in [0.4, 0.5) is 4.79 Å². The average molecular weight is 477 g/mol. The Kier molecular flexibility index (Phi) is 6.03. The van der Waals surface area contributed by atoms with Gasteiger partial charge in [-0.25, -0.2) is 4.79 Å². The van der Waals surface area contributed by atoms with Crippen LogP contribution in [0.15, 0.2) is 48.5 Å². The number of ether oxygens (including phenoxy) is 1. The number of piperidine rings is 1. The SMILES string of the molecule is CC(C)(CNC(=O)OCC1c2ccccc2-c2ccccc21)CC(=O)N1CCC2C(C1)C2C(=O)O. The molecule has 7 heteroatoms. The molecule has 2 aromatic rings. The maximum absolute atomic E-state index is 12.9. The number of fused-ring (bicyclic) bond motifs is 4. The van der Waals surface area contributed by atoms with Crippen molar-refractivity contribution in [3.05, 3.63) is 59.7 Å². The highest BCUT2D eigenvalue weighted by Gasteiger charge is 2.57. The Morgan fingerprint density at radius 1 is 1.03 bits per heavy atom. The Morgan fingerprint density at radius 3 is 2.29 bits per heavy atom. The fraction of sp³-hybridized carbons (Fsp3) is 0.464. The van der Waals surface area contributed by atoms with E-state index in [0.29, 0.717) is 19.6 Å². The van der Waals surface area contributed by atoms with Crippen molar-refractivity contribution in [1.29, 1.82) is 0 Å². The van der Waals surface area contributed by atoms with Gasteiger partial charge in [0.2, 0.25) is 5.91 Å². The van der Waals surface area contributed by atoms with E-state index in [0.717, 1.165) is 17.5 Å². The van der Waals surface area contributed by atoms with E-state index in [2.05, 4.69) is 29.6 Å². The quantitative estimate of drug-likeness (QED) is 0.627. The molecule has 1 aliphatic heterocycles. The van der Waals surface area contributed by atoms with Gasteiger partial charge in [0.25, 0.3) is 0 Å². The Bertz CT molecular complexity index is 1110. The molecule has 2 aliphatic carbocycles. The summed E-state index contributed by atoms with van der Waals surface area (Å²) < 4.78 is 5.61. The number of nitrogens with zero attached hydrogens (tertiary/aromatic N) is 1. The third kappa shape index (κ3) is 4.64. The minimum absolute atomic E-state index is 0.00252. The fourth-order valence-electron chi connectivity index (χ4n) is 5.88. The zero-order chi connectivity index (χ0) is 24.7. The van der Waals surface area contributed by atoms with Gasteiger partial charge in [0.05, 0.1) is 5.92 Å². The average Bonchev–Trinajstić information content (AvgIpc) is 3.49. The number of likely N-dealkylation sites (tertiary alicyclic amines) is 1. The second kappa shape index (κ2) is 9.02. The van der Waals surface area contributed by atoms with Crippen molar-refractivity contribution >= 4 is 18.0 Å². The molecule has 184 valence electrons. The van der Waals surface area contributed by atoms with Crippen molar-refractivity contribution in [1.82, 2.24) is 10.2 Å². The third-order valence-electron chi connectivity index (χ3n) is 7.82. The molecular weight excluding hydrogens is 444 g/mol. The summed E-state index contributed by atoms with van der Waals surface area (Å²) in [5.41, 5.74) is 4.24. The monoisotopic (exact) mass is 476 g/mol. The van der Waals surface area contributed by atoms with E-state index in [1.165, 1.54) is 11.1 Å². The van der Waals surface area contributed by atoms with Gasteiger partial charge in [-0.15, -0.1) is 0 Å². The highest BCUT2D eigenvalue weighted by atomic mass is 16.5. The zero-order valence-electron chi connectivity index (χ0n) is 20.2. The second-order valence-electron chi connectivity index (χ2n) is 10.8. The lowest BCUT2D eigenvalue weighted by Gasteiger charge is -2.31. The van der Waals surface area contributed by atoms with E-state index in [4.69, 9.17) is 4.74 Å². The number of carbonyl (C=O) groups excluding carboxylic acids is 2. The number of amides is 2. The van der Waals surface area contributed by atoms with Crippen molar-refractivity contribution in [2.75, 3.05) is 26.2 Å². The molecule has 2 amide bonds. The van der Waals surface area contributed by atoms with Crippen molar-refractivity contribution in [3.8, 4) is 11.1 Å². The van der Waals surface area contributed by atoms with Gasteiger partial charge in [-0.3, -0.25) is 9.59 Å². The summed E-state index contributed by atoms with van der Waals surface area (Å²) in [6, 6.07) is 16.4. The smallest absolute Gasteiger partial charge is 0.407 e. The van der Waals surface area contributed by atoms with Gasteiger partial charge in [0.15, 0.2) is 0 Å². The summed E-state index contributed by atoms with van der Waals surface area (Å²) in [7, 11) is 0. The molecule has 0 spiro atoms. The van der Waals surface area contributed by atoms with Crippen LogP contribution in [0.1, 0.15) is 43.7 Å². The first-order valence-corrected chi connectivity index (χ1v) is 12.3. The molecule has 0 radical (unpaired) electrons. The van der Waals surface area contributed by atoms with E-state index in [1.807, 2.05) is 38.1 Å². The Labute approximate surface area is 205 Å². The van der Waals surface area contributed by atoms with Gasteiger partial charge in [-0.2, -0.15) is 0 Å². The summed E-state index contributed by atoms with van der Waals surface area (Å²) in [4.78, 5) is 38.5. The van der Waals surface area contributed by atoms with Crippen LogP contribution in [-0.4, -0.2) is 54.2 Å². The predicted octanol–water partition coefficient (Wildman–Crippen LogP) is 4.12. The van der Waals surface area contributed by atoms with Crippen molar-refractivity contribution in [2.24, 2.45) is 23.2 Å². The first kappa shape index (κ1) is 23.4. The van der Waals surface area contributed by atoms with Gasteiger partial charge >= 0.3 is 12.1 Å². The van der Waals surface area contributed by atoms with Gasteiger partial charge < -0.3 is 20.1 Å². The Hall–Kier alpha value is -3.35. The van der Waals surface area contributed by atoms with Crippen molar-refractivity contribution in [3.63, 3.8) is 0 Å². The molecule has 5 rings (SSSR count). The van der Waals surface area contributed by atoms with Crippen molar-refractivity contribution < 1.29 is 24.2 Å². The molecule has 2 aromatic carbocycles. The van der Waals surface area contributed by atoms with E-state index in [9.17, 15) is 19.5 Å². The number of rotatable bonds is 7. The standard InChI is InChI=1S/C28H32N2O5/c1-28(2,13-24(31)30-12-11-21-22(14-30)25(21)26(32)33)16-29-27(34)35-15-23-19-9-5-3-7-17(19)18-8-4-6-10-20(18)23/h3-10,21-23,25H,11-16H2,1-2H3,(H,29,34)(H,32,33). The third-order valence-corrected chi connectivity index (χ3v) is 7.82. The van der Waals surface area contributed by atoms with Crippen LogP contribution in [0.3, 0.4) is 0 Å². The van der Waals surface area contributed by atoms with Gasteiger partial charge in [0, 0.05) is 32.0 Å². The van der Waals surface area contributed by atoms with E-state index < -0.39 is 17.5 Å². The summed E-state index contributed by atoms with van der Waals surface area (Å²) in [5.74, 6) is -0.716.